The summed E-state index contributed by atoms with van der Waals surface area (Å²) in [5.74, 6) is 3.13. The van der Waals surface area contributed by atoms with Crippen molar-refractivity contribution in [3.63, 3.8) is 0 Å². The number of esters is 1. The highest BCUT2D eigenvalue weighted by Gasteiger charge is 2.70. The van der Waals surface area contributed by atoms with Gasteiger partial charge in [-0.1, -0.05) is 47.1 Å². The Labute approximate surface area is 225 Å². The number of carbonyl (C=O) groups excluding carboxylic acids is 1. The minimum Gasteiger partial charge on any atom is -0.458 e. The molecule has 1 saturated heterocycles. The zero-order valence-electron chi connectivity index (χ0n) is 24.0. The number of fused-ring (bicyclic) bond motifs is 7. The molecule has 5 rings (SSSR count). The lowest BCUT2D eigenvalue weighted by atomic mass is 9.46. The van der Waals surface area contributed by atoms with Gasteiger partial charge in [0.15, 0.2) is 8.32 Å². The molecule has 1 aliphatic heterocycles. The molecular formula is C30H49ClO4Si. The molecule has 8 unspecified atom stereocenters. The quantitative estimate of drug-likeness (QED) is 0.121. The Balaban J connectivity index is 1.49. The van der Waals surface area contributed by atoms with Crippen LogP contribution < -0.4 is 0 Å². The summed E-state index contributed by atoms with van der Waals surface area (Å²) >= 11 is 6.38. The van der Waals surface area contributed by atoms with Crippen molar-refractivity contribution in [1.82, 2.24) is 0 Å². The summed E-state index contributed by atoms with van der Waals surface area (Å²) in [7, 11) is -1.92. The van der Waals surface area contributed by atoms with Crippen LogP contribution in [0, 0.1) is 40.4 Å². The van der Waals surface area contributed by atoms with E-state index in [1.807, 2.05) is 0 Å². The molecule has 4 fully saturated rings. The van der Waals surface area contributed by atoms with Gasteiger partial charge in [-0.2, -0.15) is 0 Å². The zero-order chi connectivity index (χ0) is 26.4. The first kappa shape index (κ1) is 27.2. The van der Waals surface area contributed by atoms with E-state index < -0.39 is 8.32 Å². The molecule has 0 amide bonds. The fourth-order valence-electron chi connectivity index (χ4n) is 9.03. The number of hydrogen-bond acceptors (Lipinski definition) is 4. The fourth-order valence-corrected chi connectivity index (χ4v) is 10.6. The van der Waals surface area contributed by atoms with Crippen molar-refractivity contribution in [2.24, 2.45) is 40.4 Å². The summed E-state index contributed by atoms with van der Waals surface area (Å²) in [6.07, 6.45) is 8.51. The Bertz CT molecular complexity index is 926. The minimum absolute atomic E-state index is 0.0107. The first-order valence-electron chi connectivity index (χ1n) is 14.4. The van der Waals surface area contributed by atoms with Gasteiger partial charge in [-0.15, -0.1) is 11.6 Å². The fraction of sp³-hybridized carbons (Fsp3) is 0.900. The molecular weight excluding hydrogens is 488 g/mol. The number of epoxide rings is 1. The van der Waals surface area contributed by atoms with Gasteiger partial charge in [-0.25, -0.2) is 0 Å². The van der Waals surface area contributed by atoms with Gasteiger partial charge in [0.05, 0.1) is 12.2 Å². The van der Waals surface area contributed by atoms with E-state index in [1.165, 1.54) is 31.3 Å². The van der Waals surface area contributed by atoms with Crippen LogP contribution in [0.1, 0.15) is 80.6 Å². The SMILES string of the molecule is CC(=O)OC1C=C2CC(O[Si](C)(C)C(C)(C)C)C3OC3[C@]2(C)C2CC[C@@]3(C)C(CCC3[C@@H](C)CCl)C12. The van der Waals surface area contributed by atoms with Crippen LogP contribution in [-0.4, -0.2) is 44.6 Å². The highest BCUT2D eigenvalue weighted by molar-refractivity contribution is 6.74. The van der Waals surface area contributed by atoms with Gasteiger partial charge < -0.3 is 13.9 Å². The Kier molecular flexibility index (Phi) is 6.67. The summed E-state index contributed by atoms with van der Waals surface area (Å²) in [5, 5.41) is 0.164. The largest absolute Gasteiger partial charge is 0.458 e. The molecule has 204 valence electrons. The van der Waals surface area contributed by atoms with E-state index in [0.717, 1.165) is 12.3 Å². The number of rotatable bonds is 5. The molecule has 0 radical (unpaired) electrons. The van der Waals surface area contributed by atoms with Crippen molar-refractivity contribution in [2.45, 2.75) is 123 Å². The topological polar surface area (TPSA) is 48.1 Å². The Morgan fingerprint density at radius 2 is 1.92 bits per heavy atom. The van der Waals surface area contributed by atoms with Gasteiger partial charge in [0, 0.05) is 24.1 Å². The number of carbonyl (C=O) groups is 1. The summed E-state index contributed by atoms with van der Waals surface area (Å²) in [5.41, 5.74) is 1.70. The van der Waals surface area contributed by atoms with Gasteiger partial charge in [-0.05, 0) is 85.4 Å². The van der Waals surface area contributed by atoms with E-state index in [0.29, 0.717) is 29.6 Å². The molecule has 36 heavy (non-hydrogen) atoms. The van der Waals surface area contributed by atoms with Crippen molar-refractivity contribution in [2.75, 3.05) is 5.88 Å². The Morgan fingerprint density at radius 1 is 1.22 bits per heavy atom. The molecule has 3 saturated carbocycles. The minimum atomic E-state index is -1.92. The summed E-state index contributed by atoms with van der Waals surface area (Å²) in [6, 6.07) is 0. The van der Waals surface area contributed by atoms with Crippen LogP contribution >= 0.6 is 11.6 Å². The second-order valence-corrected chi connectivity index (χ2v) is 19.9. The van der Waals surface area contributed by atoms with Crippen molar-refractivity contribution < 1.29 is 18.7 Å². The number of alkyl halides is 1. The number of hydrogen-bond donors (Lipinski definition) is 0. The van der Waals surface area contributed by atoms with Gasteiger partial charge in [0.2, 0.25) is 0 Å². The first-order chi connectivity index (χ1) is 16.6. The van der Waals surface area contributed by atoms with Crippen molar-refractivity contribution in [3.8, 4) is 0 Å². The average molecular weight is 537 g/mol. The van der Waals surface area contributed by atoms with E-state index in [-0.39, 0.29) is 46.3 Å². The number of ether oxygens (including phenoxy) is 2. The molecule has 6 heteroatoms. The number of halogens is 1. The maximum absolute atomic E-state index is 12.3. The van der Waals surface area contributed by atoms with Crippen LogP contribution in [0.25, 0.3) is 0 Å². The van der Waals surface area contributed by atoms with E-state index in [9.17, 15) is 4.79 Å². The van der Waals surface area contributed by atoms with Crippen LogP contribution in [0.4, 0.5) is 0 Å². The van der Waals surface area contributed by atoms with Crippen molar-refractivity contribution in [3.05, 3.63) is 11.6 Å². The lowest BCUT2D eigenvalue weighted by molar-refractivity contribution is -0.158. The second kappa shape index (κ2) is 8.83. The lowest BCUT2D eigenvalue weighted by Gasteiger charge is -2.59. The molecule has 1 heterocycles. The summed E-state index contributed by atoms with van der Waals surface area (Å²) in [6.45, 7) is 20.5. The molecule has 0 spiro atoms. The predicted octanol–water partition coefficient (Wildman–Crippen LogP) is 7.36. The molecule has 0 aromatic rings. The molecule has 11 atom stereocenters. The highest BCUT2D eigenvalue weighted by Crippen LogP contribution is 2.69. The molecule has 0 N–H and O–H groups in total. The van der Waals surface area contributed by atoms with E-state index in [1.54, 1.807) is 6.92 Å². The molecule has 4 nitrogen and oxygen atoms in total. The average Bonchev–Trinajstić information content (AvgIpc) is 3.50. The summed E-state index contributed by atoms with van der Waals surface area (Å²) < 4.78 is 19.6. The maximum Gasteiger partial charge on any atom is 0.303 e. The van der Waals surface area contributed by atoms with E-state index >= 15 is 0 Å². The second-order valence-electron chi connectivity index (χ2n) is 14.8. The molecule has 5 aliphatic rings. The van der Waals surface area contributed by atoms with Crippen molar-refractivity contribution in [1.29, 1.82) is 0 Å². The first-order valence-corrected chi connectivity index (χ1v) is 17.9. The maximum atomic E-state index is 12.3. The van der Waals surface area contributed by atoms with E-state index in [2.05, 4.69) is 60.7 Å². The van der Waals surface area contributed by atoms with Crippen molar-refractivity contribution >= 4 is 25.9 Å². The van der Waals surface area contributed by atoms with Gasteiger partial charge in [0.1, 0.15) is 12.2 Å². The molecule has 0 aromatic carbocycles. The molecule has 4 aliphatic carbocycles. The lowest BCUT2D eigenvalue weighted by Crippen LogP contribution is -2.58. The Morgan fingerprint density at radius 3 is 2.53 bits per heavy atom. The van der Waals surface area contributed by atoms with Crippen LogP contribution in [0.15, 0.2) is 11.6 Å². The normalized spacial score (nSPS) is 46.6. The van der Waals surface area contributed by atoms with Crippen LogP contribution in [-0.2, 0) is 18.7 Å². The van der Waals surface area contributed by atoms with E-state index in [4.69, 9.17) is 25.5 Å². The molecule has 0 aromatic heterocycles. The third kappa shape index (κ3) is 4.00. The smallest absolute Gasteiger partial charge is 0.303 e. The summed E-state index contributed by atoms with van der Waals surface area (Å²) in [4.78, 5) is 12.3. The predicted molar refractivity (Wildman–Crippen MR) is 148 cm³/mol. The monoisotopic (exact) mass is 536 g/mol. The van der Waals surface area contributed by atoms with Gasteiger partial charge in [-0.3, -0.25) is 4.79 Å². The Hall–Kier alpha value is -0.363. The van der Waals surface area contributed by atoms with Gasteiger partial charge in [0.25, 0.3) is 0 Å². The van der Waals surface area contributed by atoms with Crippen LogP contribution in [0.5, 0.6) is 0 Å². The zero-order valence-corrected chi connectivity index (χ0v) is 25.8. The standard InChI is InChI=1S/C30H49ClO4Si/c1-17(16-31)20-10-11-21-25-22(12-13-29(20,21)6)30(7)19(14-23(25)33-18(2)32)15-24(26-27(30)34-26)35-36(8,9)28(3,4)5/h14,17,20-27H,10-13,15-16H2,1-9H3/t17-,20?,21?,22?,23?,24?,25?,26?,27?,29+,30-/m0/s1. The highest BCUT2D eigenvalue weighted by atomic mass is 35.5. The van der Waals surface area contributed by atoms with Crippen LogP contribution in [0.2, 0.25) is 18.1 Å². The third-order valence-corrected chi connectivity index (χ3v) is 17.0. The van der Waals surface area contributed by atoms with Crippen LogP contribution in [0.3, 0.4) is 0 Å². The third-order valence-electron chi connectivity index (χ3n) is 12.0. The van der Waals surface area contributed by atoms with Gasteiger partial charge >= 0.3 is 5.97 Å². The molecule has 0 bridgehead atoms.